The Kier molecular flexibility index (Phi) is 4.49. The molecule has 1 amide bonds. The molecular weight excluding hydrogens is 266 g/mol. The van der Waals surface area contributed by atoms with Gasteiger partial charge in [-0.05, 0) is 6.07 Å². The lowest BCUT2D eigenvalue weighted by Crippen LogP contribution is -2.43. The minimum absolute atomic E-state index is 0.0658. The van der Waals surface area contributed by atoms with Crippen molar-refractivity contribution in [3.8, 4) is 5.75 Å². The van der Waals surface area contributed by atoms with Gasteiger partial charge in [0.2, 0.25) is 5.91 Å². The summed E-state index contributed by atoms with van der Waals surface area (Å²) in [5.74, 6) is -0.627. The van der Waals surface area contributed by atoms with Crippen LogP contribution < -0.4 is 10.6 Å². The van der Waals surface area contributed by atoms with Crippen LogP contribution in [0.15, 0.2) is 18.2 Å². The molecule has 20 heavy (non-hydrogen) atoms. The van der Waals surface area contributed by atoms with Gasteiger partial charge < -0.3 is 20.5 Å². The third kappa shape index (κ3) is 3.65. The van der Waals surface area contributed by atoms with E-state index >= 15 is 0 Å². The third-order valence-corrected chi connectivity index (χ3v) is 2.90. The van der Waals surface area contributed by atoms with E-state index in [0.717, 1.165) is 6.07 Å². The maximum absolute atomic E-state index is 11.8. The summed E-state index contributed by atoms with van der Waals surface area (Å²) in [6.07, 6.45) is 0.205. The first-order chi connectivity index (χ1) is 9.56. The van der Waals surface area contributed by atoms with Crippen molar-refractivity contribution in [3.63, 3.8) is 0 Å². The molecule has 0 aromatic heterocycles. The number of ether oxygens (including phenoxy) is 1. The van der Waals surface area contributed by atoms with Gasteiger partial charge in [-0.15, -0.1) is 0 Å². The molecular formula is C12H15N3O5. The van der Waals surface area contributed by atoms with E-state index in [-0.39, 0.29) is 35.5 Å². The summed E-state index contributed by atoms with van der Waals surface area (Å²) in [7, 11) is 0. The number of phenolic OH excluding ortho intramolecular Hbond substituents is 1. The Morgan fingerprint density at radius 3 is 3.00 bits per heavy atom. The first kappa shape index (κ1) is 14.2. The van der Waals surface area contributed by atoms with Crippen molar-refractivity contribution in [2.75, 3.05) is 25.1 Å². The number of hydrogen-bond donors (Lipinski definition) is 3. The van der Waals surface area contributed by atoms with Gasteiger partial charge in [-0.1, -0.05) is 0 Å². The Balaban J connectivity index is 1.95. The number of nitrogens with one attached hydrogen (secondary N) is 2. The van der Waals surface area contributed by atoms with Gasteiger partial charge in [0, 0.05) is 25.1 Å². The fourth-order valence-corrected chi connectivity index (χ4v) is 1.92. The summed E-state index contributed by atoms with van der Waals surface area (Å²) >= 11 is 0. The molecule has 1 fully saturated rings. The average Bonchev–Trinajstić information content (AvgIpc) is 2.42. The molecule has 3 N–H and O–H groups in total. The zero-order valence-corrected chi connectivity index (χ0v) is 10.7. The van der Waals surface area contributed by atoms with Crippen LogP contribution in [0, 0.1) is 10.1 Å². The van der Waals surface area contributed by atoms with Crippen LogP contribution in [0.1, 0.15) is 6.42 Å². The Labute approximate surface area is 114 Å². The third-order valence-electron chi connectivity index (χ3n) is 2.90. The van der Waals surface area contributed by atoms with Gasteiger partial charge in [-0.2, -0.15) is 0 Å². The van der Waals surface area contributed by atoms with Crippen LogP contribution in [0.4, 0.5) is 11.4 Å². The number of nitrogens with zero attached hydrogens (tertiary/aromatic N) is 1. The van der Waals surface area contributed by atoms with E-state index in [4.69, 9.17) is 4.74 Å². The van der Waals surface area contributed by atoms with E-state index in [2.05, 4.69) is 10.6 Å². The number of hydrogen-bond acceptors (Lipinski definition) is 6. The Morgan fingerprint density at radius 1 is 1.60 bits per heavy atom. The fourth-order valence-electron chi connectivity index (χ4n) is 1.92. The van der Waals surface area contributed by atoms with E-state index < -0.39 is 4.92 Å². The second-order valence-electron chi connectivity index (χ2n) is 4.44. The van der Waals surface area contributed by atoms with E-state index in [1.165, 1.54) is 12.1 Å². The predicted octanol–water partition coefficient (Wildman–Crippen LogP) is 0.617. The standard InChI is InChI=1S/C12H15N3O5/c16-11-6-9(15(18)19)1-2-10(11)14-12(17)5-8-7-20-4-3-13-8/h1-2,6,8,13,16H,3-5,7H2,(H,14,17). The molecule has 1 aromatic carbocycles. The van der Waals surface area contributed by atoms with Crippen LogP contribution in [0.5, 0.6) is 5.75 Å². The van der Waals surface area contributed by atoms with E-state index in [1.54, 1.807) is 0 Å². The highest BCUT2D eigenvalue weighted by Crippen LogP contribution is 2.27. The second kappa shape index (κ2) is 6.31. The van der Waals surface area contributed by atoms with Gasteiger partial charge >= 0.3 is 0 Å². The molecule has 0 aliphatic carbocycles. The van der Waals surface area contributed by atoms with Crippen molar-refractivity contribution in [1.29, 1.82) is 0 Å². The van der Waals surface area contributed by atoms with E-state index in [9.17, 15) is 20.0 Å². The predicted molar refractivity (Wildman–Crippen MR) is 70.6 cm³/mol. The molecule has 1 unspecified atom stereocenters. The zero-order chi connectivity index (χ0) is 14.5. The van der Waals surface area contributed by atoms with Crippen LogP contribution in [0.3, 0.4) is 0 Å². The molecule has 108 valence electrons. The second-order valence-corrected chi connectivity index (χ2v) is 4.44. The largest absolute Gasteiger partial charge is 0.506 e. The lowest BCUT2D eigenvalue weighted by Gasteiger charge is -2.23. The fraction of sp³-hybridized carbons (Fsp3) is 0.417. The Hall–Kier alpha value is -2.19. The molecule has 0 saturated carbocycles. The average molecular weight is 281 g/mol. The number of benzene rings is 1. The molecule has 0 radical (unpaired) electrons. The molecule has 1 aliphatic rings. The lowest BCUT2D eigenvalue weighted by atomic mass is 10.2. The van der Waals surface area contributed by atoms with Crippen molar-refractivity contribution in [2.24, 2.45) is 0 Å². The number of rotatable bonds is 4. The topological polar surface area (TPSA) is 114 Å². The number of amides is 1. The van der Waals surface area contributed by atoms with Crippen LogP contribution >= 0.6 is 0 Å². The van der Waals surface area contributed by atoms with Gasteiger partial charge in [0.25, 0.3) is 5.69 Å². The molecule has 2 rings (SSSR count). The summed E-state index contributed by atoms with van der Waals surface area (Å²) < 4.78 is 5.23. The molecule has 1 aliphatic heterocycles. The van der Waals surface area contributed by atoms with Gasteiger partial charge in [-0.25, -0.2) is 0 Å². The number of aromatic hydroxyl groups is 1. The van der Waals surface area contributed by atoms with Gasteiger partial charge in [0.05, 0.1) is 29.9 Å². The number of phenols is 1. The number of carbonyl (C=O) groups excluding carboxylic acids is 1. The van der Waals surface area contributed by atoms with Crippen LogP contribution in [-0.4, -0.2) is 41.7 Å². The molecule has 0 spiro atoms. The smallest absolute Gasteiger partial charge is 0.273 e. The van der Waals surface area contributed by atoms with Crippen molar-refractivity contribution in [2.45, 2.75) is 12.5 Å². The SMILES string of the molecule is O=C(CC1COCCN1)Nc1ccc([N+](=O)[O-])cc1O. The number of non-ortho nitro benzene ring substituents is 1. The minimum Gasteiger partial charge on any atom is -0.506 e. The molecule has 1 atom stereocenters. The monoisotopic (exact) mass is 281 g/mol. The molecule has 1 heterocycles. The Bertz CT molecular complexity index is 514. The molecule has 1 aromatic rings. The number of nitro groups is 1. The summed E-state index contributed by atoms with van der Waals surface area (Å²) in [6, 6.07) is 3.45. The molecule has 0 bridgehead atoms. The first-order valence-corrected chi connectivity index (χ1v) is 6.14. The number of nitro benzene ring substituents is 1. The van der Waals surface area contributed by atoms with Crippen LogP contribution in [0.25, 0.3) is 0 Å². The van der Waals surface area contributed by atoms with Crippen LogP contribution in [-0.2, 0) is 9.53 Å². The minimum atomic E-state index is -0.616. The zero-order valence-electron chi connectivity index (χ0n) is 10.7. The number of anilines is 1. The quantitative estimate of drug-likeness (QED) is 0.423. The first-order valence-electron chi connectivity index (χ1n) is 6.14. The summed E-state index contributed by atoms with van der Waals surface area (Å²) in [5, 5.41) is 25.8. The molecule has 8 heteroatoms. The van der Waals surface area contributed by atoms with Crippen LogP contribution in [0.2, 0.25) is 0 Å². The number of morpholine rings is 1. The summed E-state index contributed by atoms with van der Waals surface area (Å²) in [5.41, 5.74) is -0.0832. The van der Waals surface area contributed by atoms with Gasteiger partial charge in [0.15, 0.2) is 0 Å². The molecule has 8 nitrogen and oxygen atoms in total. The van der Waals surface area contributed by atoms with Crippen molar-refractivity contribution in [1.82, 2.24) is 5.32 Å². The maximum atomic E-state index is 11.8. The Morgan fingerprint density at radius 2 is 2.40 bits per heavy atom. The highest BCUT2D eigenvalue weighted by atomic mass is 16.6. The van der Waals surface area contributed by atoms with Crippen molar-refractivity contribution >= 4 is 17.3 Å². The van der Waals surface area contributed by atoms with E-state index in [1.807, 2.05) is 0 Å². The van der Waals surface area contributed by atoms with E-state index in [0.29, 0.717) is 19.8 Å². The summed E-state index contributed by atoms with van der Waals surface area (Å²) in [6.45, 7) is 1.78. The van der Waals surface area contributed by atoms with Gasteiger partial charge in [0.1, 0.15) is 5.75 Å². The maximum Gasteiger partial charge on any atom is 0.273 e. The summed E-state index contributed by atoms with van der Waals surface area (Å²) in [4.78, 5) is 21.7. The van der Waals surface area contributed by atoms with Gasteiger partial charge in [-0.3, -0.25) is 14.9 Å². The number of carbonyl (C=O) groups is 1. The molecule has 1 saturated heterocycles. The highest BCUT2D eigenvalue weighted by Gasteiger charge is 2.18. The van der Waals surface area contributed by atoms with Crippen molar-refractivity contribution in [3.05, 3.63) is 28.3 Å². The van der Waals surface area contributed by atoms with Crippen molar-refractivity contribution < 1.29 is 19.6 Å². The lowest BCUT2D eigenvalue weighted by molar-refractivity contribution is -0.384. The highest BCUT2D eigenvalue weighted by molar-refractivity contribution is 5.92. The normalized spacial score (nSPS) is 18.5.